The largest absolute Gasteiger partial charge is 0.343 e. The van der Waals surface area contributed by atoms with E-state index in [4.69, 9.17) is 11.6 Å². The van der Waals surface area contributed by atoms with Crippen LogP contribution in [-0.4, -0.2) is 22.9 Å². The van der Waals surface area contributed by atoms with Crippen LogP contribution in [0.25, 0.3) is 0 Å². The fourth-order valence-corrected chi connectivity index (χ4v) is 3.58. The first kappa shape index (κ1) is 19.2. The number of carbonyl (C=O) groups excluding carboxylic acids is 1. The zero-order valence-electron chi connectivity index (χ0n) is 12.9. The quantitative estimate of drug-likeness (QED) is 0.653. The van der Waals surface area contributed by atoms with E-state index in [1.807, 2.05) is 0 Å². The highest BCUT2D eigenvalue weighted by molar-refractivity contribution is 7.90. The van der Waals surface area contributed by atoms with Gasteiger partial charge in [0, 0.05) is 5.02 Å². The van der Waals surface area contributed by atoms with Gasteiger partial charge in [-0.3, -0.25) is 5.43 Å². The molecule has 0 aliphatic carbocycles. The van der Waals surface area contributed by atoms with Crippen LogP contribution in [0.3, 0.4) is 0 Å². The summed E-state index contributed by atoms with van der Waals surface area (Å²) in [6, 6.07) is 9.69. The summed E-state index contributed by atoms with van der Waals surface area (Å²) in [5, 5.41) is 0.328. The van der Waals surface area contributed by atoms with E-state index in [0.29, 0.717) is 5.02 Å². The first-order chi connectivity index (χ1) is 11.6. The van der Waals surface area contributed by atoms with Crippen molar-refractivity contribution < 1.29 is 21.6 Å². The Morgan fingerprint density at radius 2 is 1.32 bits per heavy atom. The number of benzene rings is 2. The van der Waals surface area contributed by atoms with Crippen LogP contribution in [0.1, 0.15) is 5.56 Å². The predicted molar refractivity (Wildman–Crippen MR) is 91.8 cm³/mol. The monoisotopic (exact) mass is 403 g/mol. The normalized spacial score (nSPS) is 11.8. The number of rotatable bonds is 5. The SMILES string of the molecule is Cc1ccc(S(=O)(=O)NNC(=O)NS(=O)(=O)c2ccc(Cl)cc2)cc1. The molecule has 0 saturated carbocycles. The zero-order valence-corrected chi connectivity index (χ0v) is 15.2. The van der Waals surface area contributed by atoms with Gasteiger partial charge in [0.15, 0.2) is 0 Å². The molecule has 25 heavy (non-hydrogen) atoms. The van der Waals surface area contributed by atoms with Crippen LogP contribution in [-0.2, 0) is 20.0 Å². The minimum absolute atomic E-state index is 0.0843. The van der Waals surface area contributed by atoms with Gasteiger partial charge in [-0.15, -0.1) is 4.83 Å². The average Bonchev–Trinajstić information content (AvgIpc) is 2.53. The van der Waals surface area contributed by atoms with Crippen LogP contribution in [0.2, 0.25) is 5.02 Å². The molecule has 0 fully saturated rings. The van der Waals surface area contributed by atoms with E-state index in [0.717, 1.165) is 5.56 Å². The van der Waals surface area contributed by atoms with Gasteiger partial charge in [-0.1, -0.05) is 29.3 Å². The molecule has 134 valence electrons. The van der Waals surface area contributed by atoms with Gasteiger partial charge >= 0.3 is 6.03 Å². The van der Waals surface area contributed by atoms with Crippen LogP contribution in [0.5, 0.6) is 0 Å². The fourth-order valence-electron chi connectivity index (χ4n) is 1.71. The number of sulfonamides is 2. The maximum Gasteiger partial charge on any atom is 0.343 e. The number of hydrazine groups is 1. The molecule has 0 bridgehead atoms. The smallest absolute Gasteiger partial charge is 0.258 e. The van der Waals surface area contributed by atoms with Gasteiger partial charge in [0.1, 0.15) is 0 Å². The van der Waals surface area contributed by atoms with Gasteiger partial charge in [-0.2, -0.15) is 0 Å². The van der Waals surface area contributed by atoms with E-state index in [2.05, 4.69) is 0 Å². The maximum atomic E-state index is 12.0. The number of amides is 2. The van der Waals surface area contributed by atoms with Crippen LogP contribution < -0.4 is 15.0 Å². The van der Waals surface area contributed by atoms with E-state index < -0.39 is 26.1 Å². The zero-order chi connectivity index (χ0) is 18.7. The lowest BCUT2D eigenvalue weighted by Gasteiger charge is -2.10. The lowest BCUT2D eigenvalue weighted by Crippen LogP contribution is -2.48. The molecule has 0 heterocycles. The molecule has 0 aliphatic heterocycles. The summed E-state index contributed by atoms with van der Waals surface area (Å²) in [7, 11) is -8.20. The summed E-state index contributed by atoms with van der Waals surface area (Å²) in [5.74, 6) is 0. The van der Waals surface area contributed by atoms with Crippen LogP contribution in [0.4, 0.5) is 4.79 Å². The Bertz CT molecular complexity index is 972. The summed E-state index contributed by atoms with van der Waals surface area (Å²) >= 11 is 5.66. The van der Waals surface area contributed by atoms with Gasteiger partial charge in [0.25, 0.3) is 20.0 Å². The van der Waals surface area contributed by atoms with Gasteiger partial charge in [-0.05, 0) is 43.3 Å². The highest BCUT2D eigenvalue weighted by Gasteiger charge is 2.19. The lowest BCUT2D eigenvalue weighted by molar-refractivity contribution is 0.244. The third kappa shape index (κ3) is 5.16. The number of urea groups is 1. The molecule has 0 unspecified atom stereocenters. The second kappa shape index (κ2) is 7.40. The standard InChI is InChI=1S/C14H14ClN3O5S2/c1-10-2-6-13(7-3-10)25(22,23)18-16-14(19)17-24(20,21)12-8-4-11(15)5-9-12/h2-9,18H,1H3,(H2,16,17,19). The maximum absolute atomic E-state index is 12.0. The molecule has 11 heteroatoms. The Morgan fingerprint density at radius 3 is 1.88 bits per heavy atom. The highest BCUT2D eigenvalue weighted by Crippen LogP contribution is 2.13. The van der Waals surface area contributed by atoms with Crippen molar-refractivity contribution in [3.8, 4) is 0 Å². The molecular formula is C14H14ClN3O5S2. The number of halogens is 1. The van der Waals surface area contributed by atoms with Crippen molar-refractivity contribution in [3.63, 3.8) is 0 Å². The Balaban J connectivity index is 2.02. The van der Waals surface area contributed by atoms with Gasteiger partial charge < -0.3 is 0 Å². The van der Waals surface area contributed by atoms with Crippen molar-refractivity contribution >= 4 is 37.7 Å². The van der Waals surface area contributed by atoms with E-state index in [-0.39, 0.29) is 9.79 Å². The van der Waals surface area contributed by atoms with Crippen molar-refractivity contribution in [2.45, 2.75) is 16.7 Å². The van der Waals surface area contributed by atoms with Gasteiger partial charge in [0.05, 0.1) is 9.79 Å². The van der Waals surface area contributed by atoms with Gasteiger partial charge in [0.2, 0.25) is 0 Å². The molecule has 2 aromatic rings. The van der Waals surface area contributed by atoms with E-state index >= 15 is 0 Å². The van der Waals surface area contributed by atoms with Gasteiger partial charge in [-0.25, -0.2) is 26.4 Å². The van der Waals surface area contributed by atoms with E-state index in [1.165, 1.54) is 36.4 Å². The summed E-state index contributed by atoms with van der Waals surface area (Å²) in [6.07, 6.45) is 0. The third-order valence-electron chi connectivity index (χ3n) is 2.98. The highest BCUT2D eigenvalue weighted by atomic mass is 35.5. The molecule has 2 amide bonds. The van der Waals surface area contributed by atoms with Crippen molar-refractivity contribution in [3.05, 3.63) is 59.1 Å². The predicted octanol–water partition coefficient (Wildman–Crippen LogP) is 1.53. The summed E-state index contributed by atoms with van der Waals surface area (Å²) in [5.41, 5.74) is 2.64. The molecule has 3 N–H and O–H groups in total. The molecule has 0 aliphatic rings. The van der Waals surface area contributed by atoms with E-state index in [9.17, 15) is 21.6 Å². The summed E-state index contributed by atoms with van der Waals surface area (Å²) in [4.78, 5) is 13.2. The molecule has 2 aromatic carbocycles. The van der Waals surface area contributed by atoms with Crippen molar-refractivity contribution in [2.24, 2.45) is 0 Å². The van der Waals surface area contributed by atoms with Crippen LogP contribution >= 0.6 is 11.6 Å². The molecule has 0 radical (unpaired) electrons. The molecule has 8 nitrogen and oxygen atoms in total. The number of nitrogens with one attached hydrogen (secondary N) is 3. The topological polar surface area (TPSA) is 121 Å². The Hall–Kier alpha value is -2.14. The van der Waals surface area contributed by atoms with Crippen LogP contribution in [0.15, 0.2) is 58.3 Å². The molecular weight excluding hydrogens is 390 g/mol. The summed E-state index contributed by atoms with van der Waals surface area (Å²) < 4.78 is 49.7. The summed E-state index contributed by atoms with van der Waals surface area (Å²) in [6.45, 7) is 1.79. The average molecular weight is 404 g/mol. The molecule has 0 saturated heterocycles. The number of aryl methyl sites for hydroxylation is 1. The van der Waals surface area contributed by atoms with E-state index in [1.54, 1.807) is 34.0 Å². The molecule has 0 aromatic heterocycles. The first-order valence-electron chi connectivity index (χ1n) is 6.77. The second-order valence-corrected chi connectivity index (χ2v) is 8.73. The Morgan fingerprint density at radius 1 is 0.840 bits per heavy atom. The first-order valence-corrected chi connectivity index (χ1v) is 10.1. The Labute approximate surface area is 150 Å². The molecule has 2 rings (SSSR count). The number of hydrogen-bond acceptors (Lipinski definition) is 5. The van der Waals surface area contributed by atoms with Crippen molar-refractivity contribution in [1.29, 1.82) is 0 Å². The number of carbonyl (C=O) groups is 1. The minimum Gasteiger partial charge on any atom is -0.258 e. The second-order valence-electron chi connectivity index (χ2n) is 4.93. The van der Waals surface area contributed by atoms with Crippen molar-refractivity contribution in [1.82, 2.24) is 15.0 Å². The fraction of sp³-hybridized carbons (Fsp3) is 0.0714. The molecule has 0 spiro atoms. The number of hydrogen-bond donors (Lipinski definition) is 3. The Kier molecular flexibility index (Phi) is 5.68. The third-order valence-corrected chi connectivity index (χ3v) is 5.84. The van der Waals surface area contributed by atoms with Crippen molar-refractivity contribution in [2.75, 3.05) is 0 Å². The lowest BCUT2D eigenvalue weighted by atomic mass is 10.2. The van der Waals surface area contributed by atoms with Crippen LogP contribution in [0, 0.1) is 6.92 Å². The molecule has 0 atom stereocenters. The minimum atomic E-state index is -4.17.